The summed E-state index contributed by atoms with van der Waals surface area (Å²) in [6.07, 6.45) is 5.07. The summed E-state index contributed by atoms with van der Waals surface area (Å²) in [5.41, 5.74) is 8.62. The maximum Gasteiger partial charge on any atom is 0.137 e. The summed E-state index contributed by atoms with van der Waals surface area (Å²) in [5.74, 6) is 0.871. The molecule has 1 aromatic carbocycles. The Labute approximate surface area is 110 Å². The summed E-state index contributed by atoms with van der Waals surface area (Å²) in [7, 11) is 3.71. The van der Waals surface area contributed by atoms with E-state index in [0.29, 0.717) is 0 Å². The van der Waals surface area contributed by atoms with Crippen LogP contribution in [0.1, 0.15) is 20.3 Å². The van der Waals surface area contributed by atoms with E-state index in [0.717, 1.165) is 29.3 Å². The van der Waals surface area contributed by atoms with Gasteiger partial charge in [-0.05, 0) is 43.7 Å². The predicted molar refractivity (Wildman–Crippen MR) is 78.4 cm³/mol. The van der Waals surface area contributed by atoms with Crippen LogP contribution in [0.4, 0.5) is 11.4 Å². The molecular formula is C15H22N2O. The zero-order chi connectivity index (χ0) is 13.5. The van der Waals surface area contributed by atoms with Crippen molar-refractivity contribution in [3.8, 4) is 0 Å². The van der Waals surface area contributed by atoms with E-state index in [2.05, 4.69) is 17.9 Å². The van der Waals surface area contributed by atoms with Crippen LogP contribution in [0.5, 0.6) is 0 Å². The van der Waals surface area contributed by atoms with Gasteiger partial charge >= 0.3 is 0 Å². The molecule has 0 amide bonds. The summed E-state index contributed by atoms with van der Waals surface area (Å²) in [6, 6.07) is 7.80. The fourth-order valence-corrected chi connectivity index (χ4v) is 1.80. The molecule has 3 nitrogen and oxygen atoms in total. The first-order valence-electron chi connectivity index (χ1n) is 6.14. The Balaban J connectivity index is 3.07. The van der Waals surface area contributed by atoms with Crippen molar-refractivity contribution in [2.24, 2.45) is 0 Å². The second-order valence-corrected chi connectivity index (χ2v) is 4.01. The maximum absolute atomic E-state index is 5.70. The molecule has 0 saturated heterocycles. The minimum atomic E-state index is 0.770. The molecule has 0 bridgehead atoms. The number of ether oxygens (including phenoxy) is 1. The van der Waals surface area contributed by atoms with E-state index in [9.17, 15) is 0 Å². The third-order valence-corrected chi connectivity index (χ3v) is 2.77. The molecule has 0 aliphatic carbocycles. The van der Waals surface area contributed by atoms with Gasteiger partial charge in [-0.3, -0.25) is 0 Å². The maximum atomic E-state index is 5.70. The van der Waals surface area contributed by atoms with Crippen molar-refractivity contribution >= 4 is 11.4 Å². The number of nitrogen functional groups attached to an aromatic ring is 1. The second kappa shape index (κ2) is 6.74. The molecule has 0 atom stereocenters. The Morgan fingerprint density at radius 3 is 2.39 bits per heavy atom. The highest BCUT2D eigenvalue weighted by Gasteiger charge is 2.11. The number of hydrogen-bond acceptors (Lipinski definition) is 3. The molecule has 0 aliphatic rings. The minimum Gasteiger partial charge on any atom is -0.495 e. The van der Waals surface area contributed by atoms with Crippen molar-refractivity contribution < 1.29 is 4.74 Å². The van der Waals surface area contributed by atoms with Crippen molar-refractivity contribution in [2.45, 2.75) is 20.3 Å². The number of nitrogens with two attached hydrogens (primary N) is 1. The summed E-state index contributed by atoms with van der Waals surface area (Å²) in [4.78, 5) is 2.10. The number of allylic oxidation sites excluding steroid dienone is 2. The standard InChI is InChI=1S/C15H22N2O/c1-5-7-14(15(6-2)18-4)17(3)13-10-8-12(16)9-11-13/h6-11H,5,16H2,1-4H3/b14-7+,15-6+. The Hall–Kier alpha value is -1.90. The van der Waals surface area contributed by atoms with Crippen molar-refractivity contribution in [3.63, 3.8) is 0 Å². The van der Waals surface area contributed by atoms with Gasteiger partial charge in [0.25, 0.3) is 0 Å². The van der Waals surface area contributed by atoms with Gasteiger partial charge in [0, 0.05) is 18.4 Å². The van der Waals surface area contributed by atoms with Crippen LogP contribution in [0.15, 0.2) is 47.9 Å². The van der Waals surface area contributed by atoms with E-state index >= 15 is 0 Å². The van der Waals surface area contributed by atoms with Crippen molar-refractivity contribution in [1.29, 1.82) is 0 Å². The van der Waals surface area contributed by atoms with Crippen LogP contribution in [-0.2, 0) is 4.74 Å². The van der Waals surface area contributed by atoms with Gasteiger partial charge in [0.1, 0.15) is 5.76 Å². The van der Waals surface area contributed by atoms with Crippen LogP contribution in [0.3, 0.4) is 0 Å². The normalized spacial score (nSPS) is 12.4. The molecule has 0 radical (unpaired) electrons. The first kappa shape index (κ1) is 14.2. The average molecular weight is 246 g/mol. The van der Waals surface area contributed by atoms with Crippen LogP contribution in [0.25, 0.3) is 0 Å². The van der Waals surface area contributed by atoms with Crippen molar-refractivity contribution in [1.82, 2.24) is 0 Å². The molecule has 1 rings (SSSR count). The van der Waals surface area contributed by atoms with E-state index in [1.807, 2.05) is 44.3 Å². The fraction of sp³-hybridized carbons (Fsp3) is 0.333. The topological polar surface area (TPSA) is 38.5 Å². The highest BCUT2D eigenvalue weighted by molar-refractivity contribution is 5.58. The van der Waals surface area contributed by atoms with Crippen molar-refractivity contribution in [2.75, 3.05) is 24.8 Å². The number of likely N-dealkylation sites (N-methyl/N-ethyl adjacent to an activating group) is 1. The molecule has 2 N–H and O–H groups in total. The van der Waals surface area contributed by atoms with E-state index < -0.39 is 0 Å². The van der Waals surface area contributed by atoms with Crippen LogP contribution < -0.4 is 10.6 Å². The molecule has 0 aromatic heterocycles. The van der Waals surface area contributed by atoms with Crippen LogP contribution in [0, 0.1) is 0 Å². The highest BCUT2D eigenvalue weighted by atomic mass is 16.5. The lowest BCUT2D eigenvalue weighted by Crippen LogP contribution is -2.18. The summed E-state index contributed by atoms with van der Waals surface area (Å²) in [6.45, 7) is 4.08. The highest BCUT2D eigenvalue weighted by Crippen LogP contribution is 2.23. The fourth-order valence-electron chi connectivity index (χ4n) is 1.80. The molecule has 0 unspecified atom stereocenters. The quantitative estimate of drug-likeness (QED) is 0.490. The molecule has 0 fully saturated rings. The first-order chi connectivity index (χ1) is 8.63. The molecule has 3 heteroatoms. The SMILES string of the molecule is C/C=C(OC)\C(=C/CC)N(C)c1ccc(N)cc1. The molecule has 0 saturated carbocycles. The number of hydrogen-bond donors (Lipinski definition) is 1. The Morgan fingerprint density at radius 1 is 1.33 bits per heavy atom. The first-order valence-corrected chi connectivity index (χ1v) is 6.14. The third kappa shape index (κ3) is 3.29. The summed E-state index contributed by atoms with van der Waals surface area (Å²) in [5, 5.41) is 0. The van der Waals surface area contributed by atoms with Gasteiger partial charge in [0.05, 0.1) is 12.8 Å². The predicted octanol–water partition coefficient (Wildman–Crippen LogP) is 3.55. The summed E-state index contributed by atoms with van der Waals surface area (Å²) < 4.78 is 5.41. The van der Waals surface area contributed by atoms with E-state index in [1.165, 1.54) is 0 Å². The zero-order valence-corrected chi connectivity index (χ0v) is 11.6. The molecule has 18 heavy (non-hydrogen) atoms. The number of rotatable bonds is 5. The van der Waals surface area contributed by atoms with Crippen LogP contribution in [0.2, 0.25) is 0 Å². The van der Waals surface area contributed by atoms with Gasteiger partial charge in [-0.25, -0.2) is 0 Å². The molecule has 0 aliphatic heterocycles. The summed E-state index contributed by atoms with van der Waals surface area (Å²) >= 11 is 0. The molecule has 0 heterocycles. The van der Waals surface area contributed by atoms with Gasteiger partial charge < -0.3 is 15.4 Å². The third-order valence-electron chi connectivity index (χ3n) is 2.77. The van der Waals surface area contributed by atoms with Gasteiger partial charge in [0.2, 0.25) is 0 Å². The van der Waals surface area contributed by atoms with Crippen molar-refractivity contribution in [3.05, 3.63) is 47.9 Å². The number of benzene rings is 1. The van der Waals surface area contributed by atoms with E-state index in [4.69, 9.17) is 10.5 Å². The van der Waals surface area contributed by atoms with Gasteiger partial charge in [-0.1, -0.05) is 13.0 Å². The minimum absolute atomic E-state index is 0.770. The van der Waals surface area contributed by atoms with Crippen LogP contribution in [-0.4, -0.2) is 14.2 Å². The zero-order valence-electron chi connectivity index (χ0n) is 11.6. The van der Waals surface area contributed by atoms with Gasteiger partial charge in [-0.2, -0.15) is 0 Å². The lowest BCUT2D eigenvalue weighted by Gasteiger charge is -2.24. The van der Waals surface area contributed by atoms with E-state index in [1.54, 1.807) is 7.11 Å². The Kier molecular flexibility index (Phi) is 5.31. The molecule has 1 aromatic rings. The smallest absolute Gasteiger partial charge is 0.137 e. The monoisotopic (exact) mass is 246 g/mol. The Bertz CT molecular complexity index is 432. The number of nitrogens with zero attached hydrogens (tertiary/aromatic N) is 1. The molecule has 0 spiro atoms. The molecule has 98 valence electrons. The van der Waals surface area contributed by atoms with Gasteiger partial charge in [0.15, 0.2) is 0 Å². The average Bonchev–Trinajstić information content (AvgIpc) is 2.39. The van der Waals surface area contributed by atoms with Crippen LogP contribution >= 0.6 is 0 Å². The molecular weight excluding hydrogens is 224 g/mol. The number of methoxy groups -OCH3 is 1. The largest absolute Gasteiger partial charge is 0.495 e. The van der Waals surface area contributed by atoms with Gasteiger partial charge in [-0.15, -0.1) is 0 Å². The lowest BCUT2D eigenvalue weighted by molar-refractivity contribution is 0.298. The number of anilines is 2. The van der Waals surface area contributed by atoms with E-state index in [-0.39, 0.29) is 0 Å². The lowest BCUT2D eigenvalue weighted by atomic mass is 10.2. The second-order valence-electron chi connectivity index (χ2n) is 4.01. The Morgan fingerprint density at radius 2 is 1.94 bits per heavy atom.